The molecule has 0 unspecified atom stereocenters. The molecule has 1 amide bonds. The SMILES string of the molecule is Cc1nc(Cc2ccccc2)sc1C(=O)N(C)Cc1ccccc1. The summed E-state index contributed by atoms with van der Waals surface area (Å²) in [5, 5.41) is 0.982. The number of aryl methyl sites for hydroxylation is 1. The maximum Gasteiger partial charge on any atom is 0.265 e. The molecule has 3 nitrogen and oxygen atoms in total. The number of amides is 1. The van der Waals surface area contributed by atoms with Crippen molar-refractivity contribution in [2.24, 2.45) is 0 Å². The molecule has 24 heavy (non-hydrogen) atoms. The summed E-state index contributed by atoms with van der Waals surface area (Å²) in [5.74, 6) is 0.0353. The number of carbonyl (C=O) groups excluding carboxylic acids is 1. The molecule has 1 aromatic heterocycles. The van der Waals surface area contributed by atoms with Gasteiger partial charge in [-0.3, -0.25) is 4.79 Å². The fourth-order valence-electron chi connectivity index (χ4n) is 2.60. The summed E-state index contributed by atoms with van der Waals surface area (Å²) in [6, 6.07) is 20.2. The molecule has 3 rings (SSSR count). The Morgan fingerprint density at radius 2 is 1.58 bits per heavy atom. The minimum Gasteiger partial charge on any atom is -0.337 e. The van der Waals surface area contributed by atoms with Gasteiger partial charge in [0.25, 0.3) is 5.91 Å². The summed E-state index contributed by atoms with van der Waals surface area (Å²) in [5.41, 5.74) is 3.15. The van der Waals surface area contributed by atoms with Gasteiger partial charge in [-0.25, -0.2) is 4.98 Å². The highest BCUT2D eigenvalue weighted by atomic mass is 32.1. The monoisotopic (exact) mass is 336 g/mol. The van der Waals surface area contributed by atoms with Crippen molar-refractivity contribution in [1.29, 1.82) is 0 Å². The first-order chi connectivity index (χ1) is 11.6. The number of benzene rings is 2. The lowest BCUT2D eigenvalue weighted by Crippen LogP contribution is -2.26. The number of hydrogen-bond acceptors (Lipinski definition) is 3. The molecule has 0 saturated carbocycles. The summed E-state index contributed by atoms with van der Waals surface area (Å²) in [7, 11) is 1.84. The van der Waals surface area contributed by atoms with Crippen molar-refractivity contribution in [3.63, 3.8) is 0 Å². The van der Waals surface area contributed by atoms with Crippen molar-refractivity contribution < 1.29 is 4.79 Å². The van der Waals surface area contributed by atoms with Gasteiger partial charge < -0.3 is 4.90 Å². The average Bonchev–Trinajstić information content (AvgIpc) is 2.96. The van der Waals surface area contributed by atoms with E-state index >= 15 is 0 Å². The normalized spacial score (nSPS) is 10.6. The van der Waals surface area contributed by atoms with E-state index in [0.29, 0.717) is 6.54 Å². The molecule has 0 atom stereocenters. The van der Waals surface area contributed by atoms with E-state index in [0.717, 1.165) is 27.6 Å². The largest absolute Gasteiger partial charge is 0.337 e. The van der Waals surface area contributed by atoms with E-state index in [4.69, 9.17) is 0 Å². The Hall–Kier alpha value is -2.46. The molecule has 4 heteroatoms. The second-order valence-electron chi connectivity index (χ2n) is 5.83. The molecule has 0 N–H and O–H groups in total. The first kappa shape index (κ1) is 16.4. The van der Waals surface area contributed by atoms with Gasteiger partial charge in [-0.2, -0.15) is 0 Å². The lowest BCUT2D eigenvalue weighted by molar-refractivity contribution is 0.0789. The van der Waals surface area contributed by atoms with E-state index in [2.05, 4.69) is 17.1 Å². The van der Waals surface area contributed by atoms with E-state index < -0.39 is 0 Å². The van der Waals surface area contributed by atoms with Gasteiger partial charge in [-0.05, 0) is 18.1 Å². The van der Waals surface area contributed by atoms with E-state index in [-0.39, 0.29) is 5.91 Å². The fourth-order valence-corrected chi connectivity index (χ4v) is 3.69. The van der Waals surface area contributed by atoms with Crippen molar-refractivity contribution >= 4 is 17.2 Å². The van der Waals surface area contributed by atoms with Crippen molar-refractivity contribution in [3.05, 3.63) is 87.4 Å². The molecule has 0 aliphatic rings. The van der Waals surface area contributed by atoms with Crippen LogP contribution in [-0.4, -0.2) is 22.8 Å². The van der Waals surface area contributed by atoms with Crippen molar-refractivity contribution in [2.75, 3.05) is 7.05 Å². The Labute approximate surface area is 146 Å². The Morgan fingerprint density at radius 3 is 2.21 bits per heavy atom. The van der Waals surface area contributed by atoms with Crippen LogP contribution in [0.4, 0.5) is 0 Å². The first-order valence-electron chi connectivity index (χ1n) is 7.93. The smallest absolute Gasteiger partial charge is 0.265 e. The molecular formula is C20H20N2OS. The molecule has 0 aliphatic heterocycles. The molecule has 0 spiro atoms. The number of rotatable bonds is 5. The van der Waals surface area contributed by atoms with Crippen LogP contribution in [0.25, 0.3) is 0 Å². The average molecular weight is 336 g/mol. The second kappa shape index (κ2) is 7.41. The van der Waals surface area contributed by atoms with Crippen molar-refractivity contribution in [2.45, 2.75) is 19.9 Å². The van der Waals surface area contributed by atoms with Gasteiger partial charge in [0.1, 0.15) is 4.88 Å². The van der Waals surface area contributed by atoms with Crippen LogP contribution >= 0.6 is 11.3 Å². The van der Waals surface area contributed by atoms with E-state index in [1.165, 1.54) is 16.9 Å². The molecule has 0 fully saturated rings. The quantitative estimate of drug-likeness (QED) is 0.695. The van der Waals surface area contributed by atoms with Gasteiger partial charge in [0.15, 0.2) is 0 Å². The number of aromatic nitrogens is 1. The summed E-state index contributed by atoms with van der Waals surface area (Å²) < 4.78 is 0. The van der Waals surface area contributed by atoms with Crippen LogP contribution in [0.15, 0.2) is 60.7 Å². The molecule has 122 valence electrons. The summed E-state index contributed by atoms with van der Waals surface area (Å²) in [6.45, 7) is 2.51. The third-order valence-corrected chi connectivity index (χ3v) is 4.99. The molecule has 0 radical (unpaired) electrons. The van der Waals surface area contributed by atoms with Crippen LogP contribution in [0.1, 0.15) is 31.5 Å². The summed E-state index contributed by atoms with van der Waals surface area (Å²) in [4.78, 5) is 19.8. The van der Waals surface area contributed by atoms with Crippen molar-refractivity contribution in [3.8, 4) is 0 Å². The predicted octanol–water partition coefficient (Wildman–Crippen LogP) is 4.31. The highest BCUT2D eigenvalue weighted by Crippen LogP contribution is 2.22. The minimum atomic E-state index is 0.0353. The van der Waals surface area contributed by atoms with Crippen molar-refractivity contribution in [1.82, 2.24) is 9.88 Å². The Bertz CT molecular complexity index is 812. The molecular weight excluding hydrogens is 316 g/mol. The van der Waals surface area contributed by atoms with Crippen LogP contribution in [0.5, 0.6) is 0 Å². The first-order valence-corrected chi connectivity index (χ1v) is 8.75. The molecule has 0 saturated heterocycles. The van der Waals surface area contributed by atoms with Gasteiger partial charge in [-0.15, -0.1) is 11.3 Å². The van der Waals surface area contributed by atoms with Gasteiger partial charge >= 0.3 is 0 Å². The number of thiazole rings is 1. The van der Waals surface area contributed by atoms with Gasteiger partial charge in [0.05, 0.1) is 10.7 Å². The van der Waals surface area contributed by atoms with E-state index in [1.807, 2.05) is 62.5 Å². The third kappa shape index (κ3) is 3.89. The predicted molar refractivity (Wildman–Crippen MR) is 98.3 cm³/mol. The maximum absolute atomic E-state index is 12.7. The van der Waals surface area contributed by atoms with E-state index in [9.17, 15) is 4.79 Å². The molecule has 3 aromatic rings. The topological polar surface area (TPSA) is 33.2 Å². The number of hydrogen-bond donors (Lipinski definition) is 0. The van der Waals surface area contributed by atoms with Gasteiger partial charge in [0.2, 0.25) is 0 Å². The van der Waals surface area contributed by atoms with Gasteiger partial charge in [0, 0.05) is 20.0 Å². The third-order valence-electron chi connectivity index (χ3n) is 3.84. The zero-order valence-electron chi connectivity index (χ0n) is 13.9. The molecule has 0 bridgehead atoms. The summed E-state index contributed by atoms with van der Waals surface area (Å²) in [6.07, 6.45) is 0.766. The minimum absolute atomic E-state index is 0.0353. The van der Waals surface area contributed by atoms with Gasteiger partial charge in [-0.1, -0.05) is 60.7 Å². The maximum atomic E-state index is 12.7. The fraction of sp³-hybridized carbons (Fsp3) is 0.200. The van der Waals surface area contributed by atoms with Crippen LogP contribution in [0.3, 0.4) is 0 Å². The molecule has 1 heterocycles. The molecule has 0 aliphatic carbocycles. The van der Waals surface area contributed by atoms with E-state index in [1.54, 1.807) is 4.90 Å². The number of nitrogens with zero attached hydrogens (tertiary/aromatic N) is 2. The molecule has 2 aromatic carbocycles. The Morgan fingerprint density at radius 1 is 1.00 bits per heavy atom. The van der Waals surface area contributed by atoms with Crippen LogP contribution < -0.4 is 0 Å². The highest BCUT2D eigenvalue weighted by Gasteiger charge is 2.19. The lowest BCUT2D eigenvalue weighted by atomic mass is 10.2. The zero-order valence-corrected chi connectivity index (χ0v) is 14.7. The highest BCUT2D eigenvalue weighted by molar-refractivity contribution is 7.13. The lowest BCUT2D eigenvalue weighted by Gasteiger charge is -2.16. The van der Waals surface area contributed by atoms with Crippen LogP contribution in [-0.2, 0) is 13.0 Å². The van der Waals surface area contributed by atoms with Crippen LogP contribution in [0, 0.1) is 6.92 Å². The zero-order chi connectivity index (χ0) is 16.9. The number of carbonyl (C=O) groups is 1. The summed E-state index contributed by atoms with van der Waals surface area (Å²) >= 11 is 1.50. The second-order valence-corrected chi connectivity index (χ2v) is 6.91. The standard InChI is InChI=1S/C20H20N2OS/c1-15-19(20(23)22(2)14-17-11-7-4-8-12-17)24-18(21-15)13-16-9-5-3-6-10-16/h3-12H,13-14H2,1-2H3. The Kier molecular flexibility index (Phi) is 5.06. The van der Waals surface area contributed by atoms with Crippen LogP contribution in [0.2, 0.25) is 0 Å². The Balaban J connectivity index is 1.73.